The van der Waals surface area contributed by atoms with Crippen molar-refractivity contribution in [2.24, 2.45) is 0 Å². The Labute approximate surface area is 199 Å². The van der Waals surface area contributed by atoms with Crippen LogP contribution in [0.5, 0.6) is 11.5 Å². The third-order valence-corrected chi connectivity index (χ3v) is 6.36. The number of piperidine rings is 1. The molecule has 1 fully saturated rings. The number of fused-ring (bicyclic) bond motifs is 1. The van der Waals surface area contributed by atoms with Gasteiger partial charge in [0.25, 0.3) is 5.91 Å². The quantitative estimate of drug-likeness (QED) is 0.467. The van der Waals surface area contributed by atoms with E-state index in [1.807, 2.05) is 41.3 Å². The minimum Gasteiger partial charge on any atom is -0.493 e. The van der Waals surface area contributed by atoms with E-state index in [-0.39, 0.29) is 18.6 Å². The van der Waals surface area contributed by atoms with E-state index < -0.39 is 5.97 Å². The van der Waals surface area contributed by atoms with Gasteiger partial charge in [0.15, 0.2) is 18.1 Å². The molecule has 1 unspecified atom stereocenters. The molecule has 1 atom stereocenters. The molecule has 2 aromatic carbocycles. The van der Waals surface area contributed by atoms with Crippen LogP contribution in [0.15, 0.2) is 48.5 Å². The lowest BCUT2D eigenvalue weighted by atomic mass is 10.00. The van der Waals surface area contributed by atoms with Crippen molar-refractivity contribution in [3.05, 3.63) is 54.1 Å². The van der Waals surface area contributed by atoms with E-state index in [0.29, 0.717) is 33.7 Å². The summed E-state index contributed by atoms with van der Waals surface area (Å²) in [5.41, 5.74) is 2.40. The highest BCUT2D eigenvalue weighted by Crippen LogP contribution is 2.33. The SMILES string of the molecule is CCC1CCCCN1C(=O)COC(=O)c1cc(-c2ccc(OC)c(OC)c2)nc2ccccc12. The molecule has 0 N–H and O–H groups in total. The molecule has 178 valence electrons. The van der Waals surface area contributed by atoms with Crippen LogP contribution < -0.4 is 9.47 Å². The number of nitrogens with zero attached hydrogens (tertiary/aromatic N) is 2. The van der Waals surface area contributed by atoms with Crippen LogP contribution in [-0.4, -0.2) is 55.2 Å². The van der Waals surface area contributed by atoms with Crippen molar-refractivity contribution >= 4 is 22.8 Å². The zero-order chi connectivity index (χ0) is 24.1. The number of aromatic nitrogens is 1. The monoisotopic (exact) mass is 462 g/mol. The molecular weight excluding hydrogens is 432 g/mol. The Kier molecular flexibility index (Phi) is 7.30. The number of para-hydroxylation sites is 1. The van der Waals surface area contributed by atoms with Crippen LogP contribution in [0.2, 0.25) is 0 Å². The number of hydrogen-bond donors (Lipinski definition) is 0. The van der Waals surface area contributed by atoms with Gasteiger partial charge in [-0.1, -0.05) is 25.1 Å². The van der Waals surface area contributed by atoms with Gasteiger partial charge in [-0.15, -0.1) is 0 Å². The Morgan fingerprint density at radius 2 is 1.82 bits per heavy atom. The molecule has 7 nitrogen and oxygen atoms in total. The molecule has 1 aromatic heterocycles. The van der Waals surface area contributed by atoms with Crippen molar-refractivity contribution in [1.29, 1.82) is 0 Å². The molecule has 0 spiro atoms. The van der Waals surface area contributed by atoms with E-state index in [1.165, 1.54) is 0 Å². The maximum atomic E-state index is 13.1. The largest absolute Gasteiger partial charge is 0.493 e. The first kappa shape index (κ1) is 23.5. The topological polar surface area (TPSA) is 78.0 Å². The molecule has 0 radical (unpaired) electrons. The number of carbonyl (C=O) groups is 2. The number of benzene rings is 2. The number of amides is 1. The number of esters is 1. The average molecular weight is 463 g/mol. The van der Waals surface area contributed by atoms with Gasteiger partial charge in [0.1, 0.15) is 0 Å². The number of pyridine rings is 1. The molecule has 1 aliphatic heterocycles. The van der Waals surface area contributed by atoms with Crippen LogP contribution in [-0.2, 0) is 9.53 Å². The predicted octanol–water partition coefficient (Wildman–Crippen LogP) is 4.87. The number of likely N-dealkylation sites (tertiary alicyclic amines) is 1. The van der Waals surface area contributed by atoms with Crippen molar-refractivity contribution < 1.29 is 23.8 Å². The Balaban J connectivity index is 1.62. The minimum atomic E-state index is -0.543. The molecular formula is C27H30N2O5. The van der Waals surface area contributed by atoms with E-state index in [4.69, 9.17) is 19.2 Å². The van der Waals surface area contributed by atoms with E-state index in [9.17, 15) is 9.59 Å². The molecule has 3 aromatic rings. The van der Waals surface area contributed by atoms with Gasteiger partial charge in [0.05, 0.1) is 31.0 Å². The van der Waals surface area contributed by atoms with E-state index >= 15 is 0 Å². The van der Waals surface area contributed by atoms with Crippen LogP contribution in [0.1, 0.15) is 43.0 Å². The molecule has 0 saturated carbocycles. The fraction of sp³-hybridized carbons (Fsp3) is 0.370. The first-order valence-electron chi connectivity index (χ1n) is 11.6. The highest BCUT2D eigenvalue weighted by atomic mass is 16.5. The molecule has 34 heavy (non-hydrogen) atoms. The second kappa shape index (κ2) is 10.5. The molecule has 2 heterocycles. The zero-order valence-corrected chi connectivity index (χ0v) is 19.9. The lowest BCUT2D eigenvalue weighted by molar-refractivity contribution is -0.138. The molecule has 0 bridgehead atoms. The Morgan fingerprint density at radius 1 is 1.03 bits per heavy atom. The van der Waals surface area contributed by atoms with Crippen molar-refractivity contribution in [3.63, 3.8) is 0 Å². The summed E-state index contributed by atoms with van der Waals surface area (Å²) >= 11 is 0. The summed E-state index contributed by atoms with van der Waals surface area (Å²) in [5, 5.41) is 0.675. The average Bonchev–Trinajstić information content (AvgIpc) is 2.90. The molecule has 0 aliphatic carbocycles. The number of rotatable bonds is 7. The smallest absolute Gasteiger partial charge is 0.339 e. The van der Waals surface area contributed by atoms with Crippen LogP contribution in [0.4, 0.5) is 0 Å². The van der Waals surface area contributed by atoms with Gasteiger partial charge >= 0.3 is 5.97 Å². The van der Waals surface area contributed by atoms with Crippen LogP contribution in [0, 0.1) is 0 Å². The number of ether oxygens (including phenoxy) is 3. The van der Waals surface area contributed by atoms with Crippen molar-refractivity contribution in [2.45, 2.75) is 38.6 Å². The summed E-state index contributed by atoms with van der Waals surface area (Å²) in [4.78, 5) is 32.5. The normalized spacial score (nSPS) is 15.7. The minimum absolute atomic E-state index is 0.140. The number of methoxy groups -OCH3 is 2. The summed E-state index contributed by atoms with van der Waals surface area (Å²) in [7, 11) is 3.15. The lowest BCUT2D eigenvalue weighted by Gasteiger charge is -2.35. The highest BCUT2D eigenvalue weighted by Gasteiger charge is 2.26. The van der Waals surface area contributed by atoms with Gasteiger partial charge in [-0.2, -0.15) is 0 Å². The fourth-order valence-corrected chi connectivity index (χ4v) is 4.53. The molecule has 1 amide bonds. The first-order valence-corrected chi connectivity index (χ1v) is 11.6. The second-order valence-corrected chi connectivity index (χ2v) is 8.36. The number of carbonyl (C=O) groups excluding carboxylic acids is 2. The predicted molar refractivity (Wildman–Crippen MR) is 130 cm³/mol. The standard InChI is InChI=1S/C27H30N2O5/c1-4-19-9-7-8-14-29(19)26(30)17-34-27(31)21-16-23(28-22-11-6-5-10-20(21)22)18-12-13-24(32-2)25(15-18)33-3/h5-6,10-13,15-16,19H,4,7-9,14,17H2,1-3H3. The van der Waals surface area contributed by atoms with Gasteiger partial charge in [0, 0.05) is 23.5 Å². The van der Waals surface area contributed by atoms with Gasteiger partial charge in [-0.05, 0) is 56.0 Å². The summed E-state index contributed by atoms with van der Waals surface area (Å²) in [6, 6.07) is 14.8. The Bertz CT molecular complexity index is 1190. The lowest BCUT2D eigenvalue weighted by Crippen LogP contribution is -2.45. The summed E-state index contributed by atoms with van der Waals surface area (Å²) < 4.78 is 16.3. The maximum Gasteiger partial charge on any atom is 0.339 e. The first-order chi connectivity index (χ1) is 16.5. The summed E-state index contributed by atoms with van der Waals surface area (Å²) in [6.07, 6.45) is 4.02. The summed E-state index contributed by atoms with van der Waals surface area (Å²) in [5.74, 6) is 0.488. The van der Waals surface area contributed by atoms with Crippen molar-refractivity contribution in [3.8, 4) is 22.8 Å². The molecule has 1 aliphatic rings. The van der Waals surface area contributed by atoms with Gasteiger partial charge in [-0.25, -0.2) is 9.78 Å². The van der Waals surface area contributed by atoms with Gasteiger partial charge < -0.3 is 19.1 Å². The third kappa shape index (κ3) is 4.83. The zero-order valence-electron chi connectivity index (χ0n) is 19.9. The summed E-state index contributed by atoms with van der Waals surface area (Å²) in [6.45, 7) is 2.54. The highest BCUT2D eigenvalue weighted by molar-refractivity contribution is 6.05. The Morgan fingerprint density at radius 3 is 2.59 bits per heavy atom. The number of hydrogen-bond acceptors (Lipinski definition) is 6. The van der Waals surface area contributed by atoms with Gasteiger partial charge in [-0.3, -0.25) is 4.79 Å². The van der Waals surface area contributed by atoms with E-state index in [2.05, 4.69) is 6.92 Å². The molecule has 4 rings (SSSR count). The van der Waals surface area contributed by atoms with Crippen LogP contribution in [0.25, 0.3) is 22.2 Å². The molecule has 7 heteroatoms. The van der Waals surface area contributed by atoms with E-state index in [0.717, 1.165) is 37.8 Å². The van der Waals surface area contributed by atoms with Crippen molar-refractivity contribution in [2.75, 3.05) is 27.4 Å². The van der Waals surface area contributed by atoms with Crippen LogP contribution in [0.3, 0.4) is 0 Å². The van der Waals surface area contributed by atoms with Crippen molar-refractivity contribution in [1.82, 2.24) is 9.88 Å². The molecule has 1 saturated heterocycles. The second-order valence-electron chi connectivity index (χ2n) is 8.36. The van der Waals surface area contributed by atoms with Gasteiger partial charge in [0.2, 0.25) is 0 Å². The van der Waals surface area contributed by atoms with Crippen LogP contribution >= 0.6 is 0 Å². The fourth-order valence-electron chi connectivity index (χ4n) is 4.53. The Hall–Kier alpha value is -3.61. The third-order valence-electron chi connectivity index (χ3n) is 6.36. The maximum absolute atomic E-state index is 13.1. The van der Waals surface area contributed by atoms with E-state index in [1.54, 1.807) is 26.4 Å².